The molecule has 0 N–H and O–H groups in total. The molecule has 0 radical (unpaired) electrons. The first-order valence-corrected chi connectivity index (χ1v) is 51.8. The van der Waals surface area contributed by atoms with E-state index in [-0.39, 0.29) is 0 Å². The van der Waals surface area contributed by atoms with Crippen molar-refractivity contribution in [2.45, 2.75) is 41.5 Å². The summed E-state index contributed by atoms with van der Waals surface area (Å²) in [5.74, 6) is 0. The molecule has 0 fully saturated rings. The predicted octanol–water partition coefficient (Wildman–Crippen LogP) is 42.0. The van der Waals surface area contributed by atoms with Gasteiger partial charge in [0, 0.05) is 0 Å². The summed E-state index contributed by atoms with van der Waals surface area (Å²) >= 11 is 0. The quantitative estimate of drug-likeness (QED) is 0.0803. The Morgan fingerprint density at radius 3 is 0.487 bits per heavy atom. The maximum Gasteiger partial charge on any atom is -0.0105 e. The Morgan fingerprint density at radius 1 is 0.0733 bits per heavy atom. The number of hydrogen-bond acceptors (Lipinski definition) is 0. The zero-order chi connectivity index (χ0) is 102. The lowest BCUT2D eigenvalue weighted by Gasteiger charge is -2.13. The van der Waals surface area contributed by atoms with E-state index in [4.69, 9.17) is 0 Å². The molecular weight excluding hydrogens is 1800 g/mol. The molecule has 0 saturated heterocycles. The van der Waals surface area contributed by atoms with Crippen molar-refractivity contribution in [1.29, 1.82) is 0 Å². The fourth-order valence-corrected chi connectivity index (χ4v) is 19.6. The van der Waals surface area contributed by atoms with Gasteiger partial charge in [0.05, 0.1) is 0 Å². The van der Waals surface area contributed by atoms with E-state index in [1.54, 1.807) is 0 Å². The van der Waals surface area contributed by atoms with E-state index in [0.29, 0.717) is 0 Å². The van der Waals surface area contributed by atoms with Crippen molar-refractivity contribution in [2.75, 3.05) is 0 Å². The first kappa shape index (κ1) is 100.0. The minimum absolute atomic E-state index is 1.25. The summed E-state index contributed by atoms with van der Waals surface area (Å²) in [6, 6.07) is 220. The van der Waals surface area contributed by atoms with Crippen LogP contribution in [-0.4, -0.2) is 0 Å². The molecule has 0 atom stereocenters. The maximum atomic E-state index is 2.31. The highest BCUT2D eigenvalue weighted by atomic mass is 14.2. The number of rotatable bonds is 18. The Labute approximate surface area is 887 Å². The molecule has 24 rings (SSSR count). The third-order valence-electron chi connectivity index (χ3n) is 27.4. The largest absolute Gasteiger partial charge is 0.0622 e. The van der Waals surface area contributed by atoms with Crippen LogP contribution in [0.25, 0.3) is 200 Å². The molecule has 0 aromatic heterocycles. The van der Waals surface area contributed by atoms with Crippen LogP contribution in [0.4, 0.5) is 0 Å². The van der Waals surface area contributed by atoms with Gasteiger partial charge in [-0.3, -0.25) is 0 Å². The van der Waals surface area contributed by atoms with Crippen LogP contribution in [0.15, 0.2) is 619 Å². The number of aryl methyl sites for hydroxylation is 6. The molecule has 720 valence electrons. The highest BCUT2D eigenvalue weighted by Gasteiger charge is 2.17. The van der Waals surface area contributed by atoms with Crippen LogP contribution in [0.2, 0.25) is 0 Å². The molecule has 0 aliphatic carbocycles. The molecule has 150 heavy (non-hydrogen) atoms. The van der Waals surface area contributed by atoms with E-state index in [1.165, 1.54) is 234 Å². The zero-order valence-corrected chi connectivity index (χ0v) is 85.9. The molecule has 0 heterocycles. The van der Waals surface area contributed by atoms with E-state index in [2.05, 4.69) is 660 Å². The van der Waals surface area contributed by atoms with Gasteiger partial charge in [-0.1, -0.05) is 570 Å². The Hall–Kier alpha value is -18.7. The molecule has 0 heteroatoms. The Bertz CT molecular complexity index is 8470. The molecule has 24 aromatic carbocycles. The minimum atomic E-state index is 1.25. The zero-order valence-electron chi connectivity index (χ0n) is 85.9. The van der Waals surface area contributed by atoms with Crippen LogP contribution in [0.1, 0.15) is 33.4 Å². The van der Waals surface area contributed by atoms with Gasteiger partial charge in [-0.25, -0.2) is 0 Å². The second kappa shape index (κ2) is 49.7. The van der Waals surface area contributed by atoms with Gasteiger partial charge in [-0.2, -0.15) is 0 Å². The van der Waals surface area contributed by atoms with Gasteiger partial charge in [0.25, 0.3) is 0 Å². The smallest absolute Gasteiger partial charge is 0.0105 e. The second-order valence-electron chi connectivity index (χ2n) is 38.2. The van der Waals surface area contributed by atoms with Gasteiger partial charge < -0.3 is 0 Å². The van der Waals surface area contributed by atoms with Crippen LogP contribution in [0, 0.1) is 41.5 Å². The van der Waals surface area contributed by atoms with Crippen molar-refractivity contribution in [3.8, 4) is 200 Å². The highest BCUT2D eigenvalue weighted by molar-refractivity contribution is 5.90. The van der Waals surface area contributed by atoms with E-state index >= 15 is 0 Å². The molecule has 0 bridgehead atoms. The fourth-order valence-electron chi connectivity index (χ4n) is 19.6. The van der Waals surface area contributed by atoms with Gasteiger partial charge in [0.15, 0.2) is 0 Å². The summed E-state index contributed by atoms with van der Waals surface area (Å²) in [5.41, 5.74) is 53.1. The first-order chi connectivity index (χ1) is 73.8. The topological polar surface area (TPSA) is 0 Å². The van der Waals surface area contributed by atoms with Crippen molar-refractivity contribution < 1.29 is 0 Å². The van der Waals surface area contributed by atoms with Gasteiger partial charge >= 0.3 is 0 Å². The molecule has 0 aliphatic heterocycles. The third-order valence-corrected chi connectivity index (χ3v) is 27.4. The average Bonchev–Trinajstić information content (AvgIpc) is 0.800. The summed E-state index contributed by atoms with van der Waals surface area (Å²) in [5, 5.41) is 0. The third kappa shape index (κ3) is 26.0. The first-order valence-electron chi connectivity index (χ1n) is 51.8. The highest BCUT2D eigenvalue weighted by Crippen LogP contribution is 2.42. The van der Waals surface area contributed by atoms with E-state index < -0.39 is 0 Å². The van der Waals surface area contributed by atoms with E-state index in [0.717, 1.165) is 0 Å². The van der Waals surface area contributed by atoms with Crippen molar-refractivity contribution >= 4 is 0 Å². The standard InChI is InChI=1S/6C25H20/c1-19-16-22(20-10-4-2-5-11-20)18-23(17-19)25-15-9-8-14-24(25)21-12-6-3-7-13-21;1-19-16-17-22(18-25(19)21-12-6-3-7-13-21)24-15-9-8-14-23(24)20-10-4-2-5-11-20;1-19-15-24(21-11-6-3-7-12-21)18-25(16-19)23-14-8-13-22(17-23)20-9-4-2-5-10-20;1-19-15-16-24(18-25(19)21-11-6-3-7-12-21)23-14-8-13-22(17-23)20-9-4-2-5-10-20;1-19-16-24(21-10-6-3-7-11-21)18-25(17-19)23-14-12-22(13-15-23)20-8-4-2-5-9-20;1-19-12-13-24(18-25(19)23-10-6-3-7-11-23)22-16-14-21(15-17-22)20-8-4-2-5-9-20/h6*2-18H,1H3. The summed E-state index contributed by atoms with van der Waals surface area (Å²) < 4.78 is 0. The molecule has 0 nitrogen and oxygen atoms in total. The summed E-state index contributed by atoms with van der Waals surface area (Å²) in [7, 11) is 0. The average molecular weight is 1920 g/mol. The SMILES string of the molecule is Cc1cc(-c2ccccc2)cc(-c2ccc(-c3ccccc3)cc2)c1.Cc1cc(-c2ccccc2)cc(-c2cccc(-c3ccccc3)c2)c1.Cc1cc(-c2ccccc2)cc(-c2ccccc2-c2ccccc2)c1.Cc1ccc(-c2ccc(-c3ccccc3)cc2)cc1-c1ccccc1.Cc1ccc(-c2cccc(-c3ccccc3)c2)cc1-c1ccccc1.Cc1ccc(-c2ccccc2-c2ccccc2)cc1-c1ccccc1. The van der Waals surface area contributed by atoms with Crippen molar-refractivity contribution in [3.05, 3.63) is 652 Å². The summed E-state index contributed by atoms with van der Waals surface area (Å²) in [4.78, 5) is 0. The van der Waals surface area contributed by atoms with E-state index in [9.17, 15) is 0 Å². The van der Waals surface area contributed by atoms with Crippen LogP contribution in [0.3, 0.4) is 0 Å². The summed E-state index contributed by atoms with van der Waals surface area (Å²) in [6.45, 7) is 13.0. The second-order valence-corrected chi connectivity index (χ2v) is 38.2. The lowest BCUT2D eigenvalue weighted by atomic mass is 9.91. The Balaban J connectivity index is 0.000000113. The molecular formula is C150H120. The van der Waals surface area contributed by atoms with Gasteiger partial charge in [0.1, 0.15) is 0 Å². The molecule has 0 spiro atoms. The molecule has 0 unspecified atom stereocenters. The van der Waals surface area contributed by atoms with E-state index in [1.807, 2.05) is 0 Å². The van der Waals surface area contributed by atoms with Gasteiger partial charge in [0.2, 0.25) is 0 Å². The molecule has 24 aromatic rings. The Morgan fingerprint density at radius 2 is 0.207 bits per heavy atom. The lowest BCUT2D eigenvalue weighted by Crippen LogP contribution is -1.88. The van der Waals surface area contributed by atoms with Crippen molar-refractivity contribution in [1.82, 2.24) is 0 Å². The molecule has 0 aliphatic rings. The maximum absolute atomic E-state index is 2.31. The Kier molecular flexibility index (Phi) is 33.1. The molecule has 0 saturated carbocycles. The summed E-state index contributed by atoms with van der Waals surface area (Å²) in [6.07, 6.45) is 0. The number of hydrogen-bond donors (Lipinski definition) is 0. The van der Waals surface area contributed by atoms with Gasteiger partial charge in [-0.05, 0) is 324 Å². The monoisotopic (exact) mass is 1920 g/mol. The van der Waals surface area contributed by atoms with Crippen LogP contribution in [-0.2, 0) is 0 Å². The molecule has 0 amide bonds. The lowest BCUT2D eigenvalue weighted by molar-refractivity contribution is 1.45. The van der Waals surface area contributed by atoms with Crippen LogP contribution in [0.5, 0.6) is 0 Å². The number of benzene rings is 24. The van der Waals surface area contributed by atoms with Crippen LogP contribution >= 0.6 is 0 Å². The van der Waals surface area contributed by atoms with Crippen molar-refractivity contribution in [3.63, 3.8) is 0 Å². The minimum Gasteiger partial charge on any atom is -0.0622 e. The normalized spacial score (nSPS) is 10.6. The van der Waals surface area contributed by atoms with Crippen molar-refractivity contribution in [2.24, 2.45) is 0 Å². The predicted molar refractivity (Wildman–Crippen MR) is 645 cm³/mol. The fraction of sp³-hybridized carbons (Fsp3) is 0.0400. The van der Waals surface area contributed by atoms with Crippen LogP contribution < -0.4 is 0 Å². The van der Waals surface area contributed by atoms with Gasteiger partial charge in [-0.15, -0.1) is 0 Å².